The van der Waals surface area contributed by atoms with Gasteiger partial charge in [-0.2, -0.15) is 0 Å². The van der Waals surface area contributed by atoms with E-state index in [9.17, 15) is 0 Å². The van der Waals surface area contributed by atoms with Crippen molar-refractivity contribution in [1.82, 2.24) is 10.2 Å². The number of likely N-dealkylation sites (N-methyl/N-ethyl adjacent to an activating group) is 1. The van der Waals surface area contributed by atoms with Crippen molar-refractivity contribution in [3.05, 3.63) is 0 Å². The number of nitrogens with one attached hydrogen (secondary N) is 1. The molecule has 0 amide bonds. The molecule has 17 heavy (non-hydrogen) atoms. The first-order valence-corrected chi connectivity index (χ1v) is 7.26. The van der Waals surface area contributed by atoms with E-state index in [0.29, 0.717) is 6.04 Å². The summed E-state index contributed by atoms with van der Waals surface area (Å²) in [6.07, 6.45) is 8.20. The minimum absolute atomic E-state index is 0.663. The Labute approximate surface area is 106 Å². The summed E-state index contributed by atoms with van der Waals surface area (Å²) in [7, 11) is 4.40. The van der Waals surface area contributed by atoms with Crippen molar-refractivity contribution in [1.29, 1.82) is 0 Å². The lowest BCUT2D eigenvalue weighted by molar-refractivity contribution is 0.140. The molecule has 1 aliphatic carbocycles. The number of rotatable bonds is 4. The molecule has 3 unspecified atom stereocenters. The van der Waals surface area contributed by atoms with Gasteiger partial charge in [-0.3, -0.25) is 0 Å². The fraction of sp³-hybridized carbons (Fsp3) is 1.00. The van der Waals surface area contributed by atoms with Crippen LogP contribution in [-0.4, -0.2) is 50.8 Å². The normalized spacial score (nSPS) is 35.1. The molecule has 1 heterocycles. The summed E-state index contributed by atoms with van der Waals surface area (Å²) >= 11 is 0. The summed E-state index contributed by atoms with van der Waals surface area (Å²) in [5, 5.41) is 3.53. The smallest absolute Gasteiger partial charge is 0.0622 e. The first-order chi connectivity index (χ1) is 8.31. The van der Waals surface area contributed by atoms with Crippen LogP contribution in [0.15, 0.2) is 0 Å². The van der Waals surface area contributed by atoms with Gasteiger partial charge in [-0.05, 0) is 39.3 Å². The van der Waals surface area contributed by atoms with E-state index < -0.39 is 0 Å². The second-order valence-corrected chi connectivity index (χ2v) is 5.75. The van der Waals surface area contributed by atoms with E-state index >= 15 is 0 Å². The van der Waals surface area contributed by atoms with Crippen LogP contribution in [-0.2, 0) is 4.74 Å². The molecule has 3 atom stereocenters. The zero-order valence-electron chi connectivity index (χ0n) is 11.5. The Hall–Kier alpha value is -0.120. The number of nitrogens with zero attached hydrogens (tertiary/aromatic N) is 1. The molecule has 2 rings (SSSR count). The number of hydrogen-bond acceptors (Lipinski definition) is 3. The topological polar surface area (TPSA) is 24.5 Å². The molecular weight excluding hydrogens is 212 g/mol. The average molecular weight is 240 g/mol. The number of hydrogen-bond donors (Lipinski definition) is 1. The van der Waals surface area contributed by atoms with Crippen molar-refractivity contribution in [2.75, 3.05) is 33.9 Å². The standard InChI is InChI=1S/C14H28N2O/c1-15-14-7-5-3-4-6-12(14)10-16(2)13-8-9-17-11-13/h12-15H,3-11H2,1-2H3. The van der Waals surface area contributed by atoms with Crippen LogP contribution in [0.5, 0.6) is 0 Å². The maximum absolute atomic E-state index is 5.49. The van der Waals surface area contributed by atoms with Gasteiger partial charge in [0.2, 0.25) is 0 Å². The predicted octanol–water partition coefficient (Wildman–Crippen LogP) is 1.88. The Kier molecular flexibility index (Phi) is 5.26. The van der Waals surface area contributed by atoms with E-state index in [2.05, 4.69) is 24.3 Å². The molecule has 0 aromatic carbocycles. The molecule has 0 aromatic rings. The van der Waals surface area contributed by atoms with Gasteiger partial charge in [-0.1, -0.05) is 19.3 Å². The van der Waals surface area contributed by atoms with Gasteiger partial charge < -0.3 is 15.0 Å². The van der Waals surface area contributed by atoms with E-state index in [4.69, 9.17) is 4.74 Å². The third-order valence-corrected chi connectivity index (χ3v) is 4.58. The van der Waals surface area contributed by atoms with Gasteiger partial charge in [0, 0.05) is 25.2 Å². The first kappa shape index (κ1) is 13.3. The van der Waals surface area contributed by atoms with Crippen LogP contribution in [0.25, 0.3) is 0 Å². The molecule has 0 aromatic heterocycles. The van der Waals surface area contributed by atoms with Crippen molar-refractivity contribution in [2.24, 2.45) is 5.92 Å². The monoisotopic (exact) mass is 240 g/mol. The quantitative estimate of drug-likeness (QED) is 0.759. The molecule has 2 aliphatic rings. The molecule has 0 bridgehead atoms. The van der Waals surface area contributed by atoms with Crippen molar-refractivity contribution < 1.29 is 4.74 Å². The van der Waals surface area contributed by atoms with Crippen LogP contribution in [0, 0.1) is 5.92 Å². The maximum atomic E-state index is 5.49. The summed E-state index contributed by atoms with van der Waals surface area (Å²) in [5.41, 5.74) is 0. The third-order valence-electron chi connectivity index (χ3n) is 4.58. The molecule has 100 valence electrons. The van der Waals surface area contributed by atoms with Crippen LogP contribution in [0.1, 0.15) is 38.5 Å². The predicted molar refractivity (Wildman–Crippen MR) is 71.3 cm³/mol. The van der Waals surface area contributed by atoms with Crippen molar-refractivity contribution in [3.8, 4) is 0 Å². The van der Waals surface area contributed by atoms with Crippen LogP contribution >= 0.6 is 0 Å². The average Bonchev–Trinajstić information content (AvgIpc) is 2.78. The summed E-state index contributed by atoms with van der Waals surface area (Å²) in [4.78, 5) is 2.54. The molecule has 1 saturated carbocycles. The second kappa shape index (κ2) is 6.72. The van der Waals surface area contributed by atoms with Gasteiger partial charge in [0.25, 0.3) is 0 Å². The van der Waals surface area contributed by atoms with Gasteiger partial charge in [0.05, 0.1) is 6.61 Å². The molecule has 1 N–H and O–H groups in total. The Morgan fingerprint density at radius 3 is 2.71 bits per heavy atom. The Morgan fingerprint density at radius 1 is 1.18 bits per heavy atom. The molecule has 3 nitrogen and oxygen atoms in total. The minimum atomic E-state index is 0.663. The molecule has 0 radical (unpaired) electrons. The van der Waals surface area contributed by atoms with E-state index in [1.165, 1.54) is 45.1 Å². The van der Waals surface area contributed by atoms with Crippen LogP contribution in [0.2, 0.25) is 0 Å². The fourth-order valence-corrected chi connectivity index (χ4v) is 3.37. The van der Waals surface area contributed by atoms with Gasteiger partial charge in [-0.15, -0.1) is 0 Å². The first-order valence-electron chi connectivity index (χ1n) is 7.26. The second-order valence-electron chi connectivity index (χ2n) is 5.75. The fourth-order valence-electron chi connectivity index (χ4n) is 3.37. The molecular formula is C14H28N2O. The Morgan fingerprint density at radius 2 is 2.00 bits per heavy atom. The highest BCUT2D eigenvalue weighted by atomic mass is 16.5. The van der Waals surface area contributed by atoms with Crippen LogP contribution in [0.4, 0.5) is 0 Å². The Bertz CT molecular complexity index is 216. The largest absolute Gasteiger partial charge is 0.380 e. The van der Waals surface area contributed by atoms with E-state index in [1.54, 1.807) is 0 Å². The summed E-state index contributed by atoms with van der Waals surface area (Å²) in [6.45, 7) is 3.13. The van der Waals surface area contributed by atoms with Gasteiger partial charge in [-0.25, -0.2) is 0 Å². The van der Waals surface area contributed by atoms with Gasteiger partial charge in [0.15, 0.2) is 0 Å². The Balaban J connectivity index is 1.85. The lowest BCUT2D eigenvalue weighted by Crippen LogP contribution is -2.42. The van der Waals surface area contributed by atoms with Gasteiger partial charge >= 0.3 is 0 Å². The lowest BCUT2D eigenvalue weighted by atomic mass is 9.94. The van der Waals surface area contributed by atoms with Crippen molar-refractivity contribution in [2.45, 2.75) is 50.6 Å². The highest BCUT2D eigenvalue weighted by Crippen LogP contribution is 2.25. The van der Waals surface area contributed by atoms with Crippen LogP contribution in [0.3, 0.4) is 0 Å². The minimum Gasteiger partial charge on any atom is -0.380 e. The summed E-state index contributed by atoms with van der Waals surface area (Å²) in [6, 6.07) is 1.39. The van der Waals surface area contributed by atoms with Gasteiger partial charge in [0.1, 0.15) is 0 Å². The summed E-state index contributed by atoms with van der Waals surface area (Å²) in [5.74, 6) is 0.827. The van der Waals surface area contributed by atoms with E-state index in [-0.39, 0.29) is 0 Å². The zero-order chi connectivity index (χ0) is 12.1. The maximum Gasteiger partial charge on any atom is 0.0622 e. The molecule has 3 heteroatoms. The number of ether oxygens (including phenoxy) is 1. The molecule has 1 saturated heterocycles. The zero-order valence-corrected chi connectivity index (χ0v) is 11.5. The lowest BCUT2D eigenvalue weighted by Gasteiger charge is -2.31. The van der Waals surface area contributed by atoms with Crippen LogP contribution < -0.4 is 5.32 Å². The van der Waals surface area contributed by atoms with E-state index in [1.807, 2.05) is 0 Å². The third kappa shape index (κ3) is 3.67. The van der Waals surface area contributed by atoms with Crippen molar-refractivity contribution >= 4 is 0 Å². The molecule has 1 aliphatic heterocycles. The molecule has 0 spiro atoms. The molecule has 2 fully saturated rings. The highest BCUT2D eigenvalue weighted by molar-refractivity contribution is 4.83. The summed E-state index contributed by atoms with van der Waals surface area (Å²) < 4.78 is 5.49. The van der Waals surface area contributed by atoms with Crippen molar-refractivity contribution in [3.63, 3.8) is 0 Å². The SMILES string of the molecule is CNC1CCCCCC1CN(C)C1CCOC1. The highest BCUT2D eigenvalue weighted by Gasteiger charge is 2.27. The van der Waals surface area contributed by atoms with E-state index in [0.717, 1.165) is 25.2 Å².